The fourth-order valence-corrected chi connectivity index (χ4v) is 11.3. The first-order chi connectivity index (χ1) is 47.1. The summed E-state index contributed by atoms with van der Waals surface area (Å²) in [5.74, 6) is 0.490. The smallest absolute Gasteiger partial charge is 0.291 e. The summed E-state index contributed by atoms with van der Waals surface area (Å²) in [5.41, 5.74) is 20.8. The highest BCUT2D eigenvalue weighted by molar-refractivity contribution is 6.03. The minimum atomic E-state index is -1.50. The Morgan fingerprint density at radius 3 is 1.45 bits per heavy atom. The molecule has 5 N–H and O–H groups in total. The summed E-state index contributed by atoms with van der Waals surface area (Å²) in [6.45, 7) is 16.9. The molecule has 4 aromatic heterocycles. The molecule has 0 spiro atoms. The number of pyridine rings is 3. The van der Waals surface area contributed by atoms with Crippen LogP contribution in [-0.2, 0) is 15.9 Å². The fourth-order valence-electron chi connectivity index (χ4n) is 11.3. The standard InChI is InChI=1S/C25H26N6O.C17H20N4O.C15H18N4O.C11H16N4O.C2H6.HNO3/c26-18-23-24(31-11-1-2-12-31)8-7-21(28-23)22-9-10-27-25(29-22)17-19-3-5-20(6-4-19)30-13-15-32-16-14-30;18-13-15-16(21-10-3-4-11-21)6-5-14(19-15)17(22)7-12-20-8-1-2-9-20;1-18(2)10-7-15(20)12-5-6-14(13(11-16)17-12)19-8-3-4-9-19;12-11(13)14-9-1-3-10(4-2-9)15-5-7-16-8-6-15;1-2;2-1(3)4/h3-10H,1-2,11-17H2;5-7,12H,1-4,8-11H2;5-7,10H,3-4,8-9H2,1-2H3;1-4H,5-8H2,(H4,12,13,14);1-2H3;(H,2,3,4)/b;12-7+;10-7+;;;/i;;;;1D;. The van der Waals surface area contributed by atoms with E-state index in [0.29, 0.717) is 47.5 Å². The van der Waals surface area contributed by atoms with Crippen LogP contribution in [0.4, 0.5) is 34.1 Å². The van der Waals surface area contributed by atoms with Gasteiger partial charge in [-0.05, 0) is 136 Å². The molecule has 0 saturated carbocycles. The minimum Gasteiger partial charge on any atom is -0.383 e. The molecular weight excluding hydrogens is 1220 g/mol. The zero-order valence-electron chi connectivity index (χ0n) is 56.1. The first-order valence-corrected chi connectivity index (χ1v) is 32.3. The highest BCUT2D eigenvalue weighted by Crippen LogP contribution is 2.29. The predicted octanol–water partition coefficient (Wildman–Crippen LogP) is 8.70. The molecule has 504 valence electrons. The van der Waals surface area contributed by atoms with Crippen molar-refractivity contribution in [1.29, 1.82) is 15.8 Å². The minimum absolute atomic E-state index is 0.0825. The van der Waals surface area contributed by atoms with Gasteiger partial charge in [0.15, 0.2) is 23.0 Å². The van der Waals surface area contributed by atoms with E-state index in [4.69, 9.17) is 42.6 Å². The molecule has 0 unspecified atom stereocenters. The van der Waals surface area contributed by atoms with Crippen molar-refractivity contribution >= 4 is 51.7 Å². The monoisotopic (exact) mass is 1310 g/mol. The number of likely N-dealkylation sites (tertiary alicyclic amines) is 1. The molecule has 26 heteroatoms. The van der Waals surface area contributed by atoms with Crippen molar-refractivity contribution in [2.75, 3.05) is 144 Å². The maximum Gasteiger partial charge on any atom is 0.291 e. The van der Waals surface area contributed by atoms with E-state index in [2.05, 4.69) is 96.8 Å². The number of nitrogens with two attached hydrogens (primary N) is 2. The quantitative estimate of drug-likeness (QED) is 0.0216. The molecule has 6 fully saturated rings. The molecule has 6 aliphatic rings. The number of hydrogen-bond acceptors (Lipinski definition) is 22. The third-order valence-electron chi connectivity index (χ3n) is 16.0. The van der Waals surface area contributed by atoms with Gasteiger partial charge in [-0.15, -0.1) is 10.1 Å². The number of aromatic nitrogens is 5. The van der Waals surface area contributed by atoms with Gasteiger partial charge < -0.3 is 60.4 Å². The number of morpholine rings is 2. The van der Waals surface area contributed by atoms with Crippen LogP contribution in [0.25, 0.3) is 11.4 Å². The number of aliphatic imine (C=N–C) groups is 1. The van der Waals surface area contributed by atoms with Gasteiger partial charge in [0.2, 0.25) is 11.6 Å². The molecule has 6 aromatic rings. The van der Waals surface area contributed by atoms with Crippen LogP contribution in [0, 0.1) is 44.1 Å². The van der Waals surface area contributed by atoms with Gasteiger partial charge in [-0.1, -0.05) is 26.0 Å². The van der Waals surface area contributed by atoms with Gasteiger partial charge >= 0.3 is 0 Å². The van der Waals surface area contributed by atoms with Crippen LogP contribution in [0.1, 0.15) is 116 Å². The first kappa shape index (κ1) is 71.1. The van der Waals surface area contributed by atoms with E-state index in [0.717, 1.165) is 183 Å². The molecule has 0 bridgehead atoms. The number of ketones is 2. The number of benzene rings is 2. The second-order valence-electron chi connectivity index (χ2n) is 22.9. The third-order valence-corrected chi connectivity index (χ3v) is 16.0. The molecule has 10 heterocycles. The average molecular weight is 1310 g/mol. The van der Waals surface area contributed by atoms with E-state index in [1.165, 1.54) is 30.3 Å². The van der Waals surface area contributed by atoms with E-state index in [-0.39, 0.29) is 17.5 Å². The summed E-state index contributed by atoms with van der Waals surface area (Å²) in [6.07, 6.45) is 18.2. The molecule has 26 nitrogen and oxygen atoms in total. The largest absolute Gasteiger partial charge is 0.383 e. The highest BCUT2D eigenvalue weighted by Gasteiger charge is 2.22. The Kier molecular flexibility index (Phi) is 28.5. The Morgan fingerprint density at radius 2 is 1.01 bits per heavy atom. The molecule has 6 saturated heterocycles. The Morgan fingerprint density at radius 1 is 0.604 bits per heavy atom. The van der Waals surface area contributed by atoms with Crippen LogP contribution in [0.15, 0.2) is 127 Å². The fraction of sp³-hybridized carbons (Fsp3) is 0.414. The number of nitrogens with zero attached hydrogens (tertiary/aromatic N) is 17. The number of anilines is 5. The molecule has 96 heavy (non-hydrogen) atoms. The number of nitriles is 3. The molecule has 6 aliphatic heterocycles. The lowest BCUT2D eigenvalue weighted by Crippen LogP contribution is -2.36. The normalized spacial score (nSPS) is 15.7. The lowest BCUT2D eigenvalue weighted by atomic mass is 10.1. The van der Waals surface area contributed by atoms with E-state index >= 15 is 0 Å². The van der Waals surface area contributed by atoms with Crippen LogP contribution in [0.3, 0.4) is 0 Å². The zero-order chi connectivity index (χ0) is 69.3. The van der Waals surface area contributed by atoms with E-state index in [1.54, 1.807) is 42.4 Å². The number of carbonyl (C=O) groups excluding carboxylic acids is 2. The van der Waals surface area contributed by atoms with Crippen LogP contribution in [-0.4, -0.2) is 182 Å². The molecular formula is C70H87N19O7. The van der Waals surface area contributed by atoms with E-state index in [9.17, 15) is 25.4 Å². The number of carbonyl (C=O) groups is 2. The zero-order valence-corrected chi connectivity index (χ0v) is 55.1. The molecule has 12 rings (SSSR count). The van der Waals surface area contributed by atoms with Crippen LogP contribution in [0.2, 0.25) is 0 Å². The summed E-state index contributed by atoms with van der Waals surface area (Å²) < 4.78 is 16.9. The van der Waals surface area contributed by atoms with Gasteiger partial charge in [0, 0.05) is 143 Å². The van der Waals surface area contributed by atoms with Gasteiger partial charge in [0.05, 0.1) is 60.6 Å². The highest BCUT2D eigenvalue weighted by atomic mass is 16.9. The van der Waals surface area contributed by atoms with Crippen molar-refractivity contribution in [3.63, 3.8) is 0 Å². The predicted molar refractivity (Wildman–Crippen MR) is 371 cm³/mol. The second kappa shape index (κ2) is 38.4. The lowest BCUT2D eigenvalue weighted by Gasteiger charge is -2.28. The Balaban J connectivity index is 0.000000182. The van der Waals surface area contributed by atoms with Gasteiger partial charge in [-0.3, -0.25) is 9.59 Å². The van der Waals surface area contributed by atoms with Crippen molar-refractivity contribution in [3.05, 3.63) is 172 Å². The van der Waals surface area contributed by atoms with Crippen molar-refractivity contribution in [2.24, 2.45) is 16.5 Å². The number of guanidine groups is 1. The molecule has 0 atom stereocenters. The Bertz CT molecular complexity index is 3720. The third kappa shape index (κ3) is 22.5. The summed E-state index contributed by atoms with van der Waals surface area (Å²) in [4.78, 5) is 73.8. The van der Waals surface area contributed by atoms with Gasteiger partial charge in [0.1, 0.15) is 35.4 Å². The summed E-state index contributed by atoms with van der Waals surface area (Å²) in [7, 11) is 3.68. The maximum atomic E-state index is 12.2. The van der Waals surface area contributed by atoms with Crippen molar-refractivity contribution < 1.29 is 30.7 Å². The Labute approximate surface area is 563 Å². The number of allylic oxidation sites excluding steroid dienone is 2. The van der Waals surface area contributed by atoms with Crippen LogP contribution >= 0.6 is 0 Å². The van der Waals surface area contributed by atoms with E-state index < -0.39 is 5.09 Å². The summed E-state index contributed by atoms with van der Waals surface area (Å²) in [6, 6.07) is 35.8. The van der Waals surface area contributed by atoms with Crippen LogP contribution < -0.4 is 36.0 Å². The lowest BCUT2D eigenvalue weighted by molar-refractivity contribution is -0.742. The number of rotatable bonds is 15. The van der Waals surface area contributed by atoms with E-state index in [1.807, 2.05) is 74.9 Å². The summed E-state index contributed by atoms with van der Waals surface area (Å²) >= 11 is 0. The number of hydrogen-bond donors (Lipinski definition) is 3. The number of ether oxygens (including phenoxy) is 2. The second-order valence-corrected chi connectivity index (χ2v) is 22.9. The maximum absolute atomic E-state index is 12.2. The topological polar surface area (TPSA) is 339 Å². The average Bonchev–Trinajstić information content (AvgIpc) is 1.87. The molecule has 0 aliphatic carbocycles. The van der Waals surface area contributed by atoms with Gasteiger partial charge in [-0.2, -0.15) is 15.8 Å². The van der Waals surface area contributed by atoms with Crippen molar-refractivity contribution in [3.8, 4) is 29.6 Å². The van der Waals surface area contributed by atoms with Gasteiger partial charge in [-0.25, -0.2) is 29.9 Å². The summed E-state index contributed by atoms with van der Waals surface area (Å²) in [5, 5.41) is 41.8. The molecule has 0 radical (unpaired) electrons. The van der Waals surface area contributed by atoms with Crippen molar-refractivity contribution in [2.45, 2.75) is 71.6 Å². The van der Waals surface area contributed by atoms with Gasteiger partial charge in [0.25, 0.3) is 5.09 Å². The molecule has 0 amide bonds. The molecule has 2 aromatic carbocycles. The SMILES string of the molecule is CN(C)/C=C/C(=O)c1ccc(N2CCCC2)c(C#N)n1.N#Cc1nc(-c2ccnc(Cc3ccc(N4CCOCC4)cc3)n2)ccc1N1CCCC1.N#Cc1nc(C(=O)/C=C/N2CCCC2)ccc1N1CCCC1.NC(N)=Nc1ccc(N2CCOCC2)cc1.O=[N+]([O-])O.[2H]CC. The van der Waals surface area contributed by atoms with Crippen molar-refractivity contribution in [1.82, 2.24) is 34.7 Å². The Hall–Kier alpha value is -10.7. The van der Waals surface area contributed by atoms with Crippen LogP contribution in [0.5, 0.6) is 0 Å². The first-order valence-electron chi connectivity index (χ1n) is 33.0.